The highest BCUT2D eigenvalue weighted by Crippen LogP contribution is 2.34. The Kier molecular flexibility index (Phi) is 3.95. The van der Waals surface area contributed by atoms with Gasteiger partial charge in [0.15, 0.2) is 9.84 Å². The van der Waals surface area contributed by atoms with E-state index in [1.165, 1.54) is 0 Å². The number of fused-ring (bicyclic) bond motifs is 1. The third kappa shape index (κ3) is 2.88. The second-order valence-corrected chi connectivity index (χ2v) is 9.51. The third-order valence-corrected chi connectivity index (χ3v) is 7.38. The molecule has 2 saturated heterocycles. The Morgan fingerprint density at radius 2 is 1.96 bits per heavy atom. The molecule has 0 spiro atoms. The largest absolute Gasteiger partial charge is 0.465 e. The van der Waals surface area contributed by atoms with Gasteiger partial charge in [-0.3, -0.25) is 9.69 Å². The summed E-state index contributed by atoms with van der Waals surface area (Å²) in [7, 11) is -3.10. The molecule has 2 aliphatic heterocycles. The monoisotopic (exact) mass is 352 g/mol. The van der Waals surface area contributed by atoms with Gasteiger partial charge in [0.1, 0.15) is 11.5 Å². The Morgan fingerprint density at radius 3 is 2.58 bits per heavy atom. The second-order valence-electron chi connectivity index (χ2n) is 7.35. The first-order valence-corrected chi connectivity index (χ1v) is 10.6. The molecule has 0 bridgehead atoms. The lowest BCUT2D eigenvalue weighted by Gasteiger charge is -2.45. The number of piperazine rings is 1. The molecule has 0 radical (unpaired) electrons. The fraction of sp³-hybridized carbons (Fsp3) is 0.706. The molecule has 2 atom stereocenters. The molecule has 4 rings (SSSR count). The highest BCUT2D eigenvalue weighted by molar-refractivity contribution is 7.91. The van der Waals surface area contributed by atoms with Crippen molar-refractivity contribution in [3.05, 3.63) is 23.7 Å². The van der Waals surface area contributed by atoms with Crippen LogP contribution in [0.3, 0.4) is 0 Å². The van der Waals surface area contributed by atoms with Crippen molar-refractivity contribution in [2.24, 2.45) is 5.92 Å². The van der Waals surface area contributed by atoms with Crippen molar-refractivity contribution in [2.75, 3.05) is 24.6 Å². The Balaban J connectivity index is 1.54. The zero-order chi connectivity index (χ0) is 16.9. The minimum absolute atomic E-state index is 0.101. The van der Waals surface area contributed by atoms with Crippen LogP contribution in [0.25, 0.3) is 0 Å². The first-order chi connectivity index (χ1) is 11.4. The van der Waals surface area contributed by atoms with Crippen LogP contribution in [0.15, 0.2) is 16.5 Å². The topological polar surface area (TPSA) is 70.8 Å². The predicted molar refractivity (Wildman–Crippen MR) is 89.1 cm³/mol. The first kappa shape index (κ1) is 16.1. The lowest BCUT2D eigenvalue weighted by molar-refractivity contribution is -0.144. The minimum atomic E-state index is -3.10. The van der Waals surface area contributed by atoms with E-state index < -0.39 is 9.84 Å². The average molecular weight is 352 g/mol. The quantitative estimate of drug-likeness (QED) is 0.817. The Hall–Kier alpha value is -1.34. The number of hydrogen-bond acceptors (Lipinski definition) is 5. The van der Waals surface area contributed by atoms with Gasteiger partial charge in [0.05, 0.1) is 24.1 Å². The van der Waals surface area contributed by atoms with Gasteiger partial charge in [-0.2, -0.15) is 0 Å². The molecule has 24 heavy (non-hydrogen) atoms. The molecular formula is C17H24N2O4S. The number of carbonyl (C=O) groups is 1. The number of carbonyl (C=O) groups excluding carboxylic acids is 1. The van der Waals surface area contributed by atoms with Crippen LogP contribution in [0.2, 0.25) is 0 Å². The van der Waals surface area contributed by atoms with Gasteiger partial charge in [-0.05, 0) is 31.9 Å². The molecule has 1 aromatic heterocycles. The van der Waals surface area contributed by atoms with Gasteiger partial charge in [-0.25, -0.2) is 8.42 Å². The molecule has 2 unspecified atom stereocenters. The lowest BCUT2D eigenvalue weighted by Crippen LogP contribution is -2.61. The zero-order valence-corrected chi connectivity index (χ0v) is 14.8. The average Bonchev–Trinajstić information content (AvgIpc) is 2.99. The molecule has 1 amide bonds. The Labute approximate surface area is 142 Å². The lowest BCUT2D eigenvalue weighted by atomic mass is 9.83. The van der Waals surface area contributed by atoms with Crippen molar-refractivity contribution >= 4 is 15.7 Å². The molecule has 132 valence electrons. The highest BCUT2D eigenvalue weighted by atomic mass is 32.2. The molecule has 1 saturated carbocycles. The van der Waals surface area contributed by atoms with E-state index in [9.17, 15) is 13.2 Å². The van der Waals surface area contributed by atoms with E-state index in [1.807, 2.05) is 24.0 Å². The van der Waals surface area contributed by atoms with E-state index >= 15 is 0 Å². The van der Waals surface area contributed by atoms with Crippen molar-refractivity contribution < 1.29 is 17.6 Å². The fourth-order valence-electron chi connectivity index (χ4n) is 4.15. The maximum Gasteiger partial charge on any atom is 0.226 e. The summed E-state index contributed by atoms with van der Waals surface area (Å²) in [6.07, 6.45) is 3.02. The number of furan rings is 1. The molecule has 0 N–H and O–H groups in total. The van der Waals surface area contributed by atoms with Gasteiger partial charge in [-0.15, -0.1) is 0 Å². The Morgan fingerprint density at radius 1 is 1.21 bits per heavy atom. The van der Waals surface area contributed by atoms with Crippen LogP contribution in [0.5, 0.6) is 0 Å². The number of hydrogen-bond donors (Lipinski definition) is 0. The Bertz CT molecular complexity index is 738. The summed E-state index contributed by atoms with van der Waals surface area (Å²) >= 11 is 0. The second kappa shape index (κ2) is 5.88. The molecule has 1 aromatic rings. The van der Waals surface area contributed by atoms with Crippen molar-refractivity contribution in [2.45, 2.75) is 44.8 Å². The van der Waals surface area contributed by atoms with E-state index in [1.54, 1.807) is 0 Å². The van der Waals surface area contributed by atoms with Crippen LogP contribution < -0.4 is 0 Å². The maximum atomic E-state index is 12.7. The SMILES string of the molecule is Cc1ccc(CN2CCN(C(=O)C3CCC3)C3CS(=O)(=O)CC32)o1. The van der Waals surface area contributed by atoms with Crippen LogP contribution in [0, 0.1) is 12.8 Å². The van der Waals surface area contributed by atoms with Gasteiger partial charge in [0.2, 0.25) is 5.91 Å². The van der Waals surface area contributed by atoms with Gasteiger partial charge < -0.3 is 9.32 Å². The summed E-state index contributed by atoms with van der Waals surface area (Å²) < 4.78 is 30.1. The molecule has 1 aliphatic carbocycles. The summed E-state index contributed by atoms with van der Waals surface area (Å²) in [6, 6.07) is 3.56. The molecular weight excluding hydrogens is 328 g/mol. The summed E-state index contributed by atoms with van der Waals surface area (Å²) in [5.74, 6) is 2.25. The molecule has 0 aromatic carbocycles. The smallest absolute Gasteiger partial charge is 0.226 e. The summed E-state index contributed by atoms with van der Waals surface area (Å²) in [5.41, 5.74) is 0. The summed E-state index contributed by atoms with van der Waals surface area (Å²) in [5, 5.41) is 0. The van der Waals surface area contributed by atoms with E-state index in [0.717, 1.165) is 30.8 Å². The maximum absolute atomic E-state index is 12.7. The normalized spacial score (nSPS) is 30.1. The number of nitrogens with zero attached hydrogens (tertiary/aromatic N) is 2. The van der Waals surface area contributed by atoms with Gasteiger partial charge in [-0.1, -0.05) is 6.42 Å². The van der Waals surface area contributed by atoms with E-state index in [4.69, 9.17) is 4.42 Å². The zero-order valence-electron chi connectivity index (χ0n) is 14.0. The van der Waals surface area contributed by atoms with Crippen LogP contribution in [0.4, 0.5) is 0 Å². The van der Waals surface area contributed by atoms with E-state index in [2.05, 4.69) is 4.90 Å². The van der Waals surface area contributed by atoms with Crippen molar-refractivity contribution in [1.82, 2.24) is 9.80 Å². The molecule has 6 nitrogen and oxygen atoms in total. The number of aryl methyl sites for hydroxylation is 1. The van der Waals surface area contributed by atoms with Gasteiger partial charge in [0.25, 0.3) is 0 Å². The first-order valence-electron chi connectivity index (χ1n) is 8.73. The minimum Gasteiger partial charge on any atom is -0.465 e. The molecule has 3 fully saturated rings. The molecule has 7 heteroatoms. The predicted octanol–water partition coefficient (Wildman–Crippen LogP) is 1.20. The number of sulfone groups is 1. The van der Waals surface area contributed by atoms with E-state index in [-0.39, 0.29) is 35.4 Å². The van der Waals surface area contributed by atoms with Crippen LogP contribution in [-0.4, -0.2) is 60.8 Å². The third-order valence-electron chi connectivity index (χ3n) is 5.68. The van der Waals surface area contributed by atoms with Crippen LogP contribution in [-0.2, 0) is 21.2 Å². The van der Waals surface area contributed by atoms with Crippen LogP contribution >= 0.6 is 0 Å². The summed E-state index contributed by atoms with van der Waals surface area (Å²) in [6.45, 7) is 3.83. The van der Waals surface area contributed by atoms with Gasteiger partial charge in [0, 0.05) is 25.0 Å². The van der Waals surface area contributed by atoms with Crippen molar-refractivity contribution in [1.29, 1.82) is 0 Å². The van der Waals surface area contributed by atoms with E-state index in [0.29, 0.717) is 19.6 Å². The molecule has 3 aliphatic rings. The summed E-state index contributed by atoms with van der Waals surface area (Å²) in [4.78, 5) is 16.7. The van der Waals surface area contributed by atoms with Gasteiger partial charge >= 0.3 is 0 Å². The fourth-order valence-corrected chi connectivity index (χ4v) is 6.17. The number of rotatable bonds is 3. The molecule has 3 heterocycles. The number of amides is 1. The van der Waals surface area contributed by atoms with Crippen molar-refractivity contribution in [3.63, 3.8) is 0 Å². The standard InChI is InChI=1S/C17H24N2O4S/c1-12-5-6-14(23-12)9-18-7-8-19(17(20)13-3-2-4-13)16-11-24(21,22)10-15(16)18/h5-6,13,15-16H,2-4,7-11H2,1H3. The van der Waals surface area contributed by atoms with Crippen molar-refractivity contribution in [3.8, 4) is 0 Å². The highest BCUT2D eigenvalue weighted by Gasteiger charge is 2.49. The van der Waals surface area contributed by atoms with Crippen LogP contribution in [0.1, 0.15) is 30.8 Å².